The number of fused-ring (bicyclic) bond motifs is 1. The van der Waals surface area contributed by atoms with Crippen molar-refractivity contribution in [1.82, 2.24) is 14.6 Å². The Kier molecular flexibility index (Phi) is 3.76. The topological polar surface area (TPSA) is 33.4 Å². The van der Waals surface area contributed by atoms with Crippen molar-refractivity contribution in [2.45, 2.75) is 12.2 Å². The van der Waals surface area contributed by atoms with E-state index in [-0.39, 0.29) is 0 Å². The van der Waals surface area contributed by atoms with Gasteiger partial charge in [0, 0.05) is 34.7 Å². The first kappa shape index (κ1) is 14.4. The van der Waals surface area contributed by atoms with E-state index in [4.69, 9.17) is 21.7 Å². The van der Waals surface area contributed by atoms with Gasteiger partial charge in [0.1, 0.15) is 0 Å². The molecule has 0 spiro atoms. The average Bonchev–Trinajstić information content (AvgIpc) is 3.06. The maximum absolute atomic E-state index is 5.93. The first-order valence-corrected chi connectivity index (χ1v) is 9.42. The molecule has 4 nitrogen and oxygen atoms in total. The number of anilines is 1. The second-order valence-corrected chi connectivity index (χ2v) is 8.29. The van der Waals surface area contributed by atoms with Gasteiger partial charge in [-0.3, -0.25) is 0 Å². The lowest BCUT2D eigenvalue weighted by atomic mass is 10.2. The Bertz CT molecular complexity index is 764. The molecular formula is C15H15ClN4S2. The van der Waals surface area contributed by atoms with Crippen LogP contribution in [0.25, 0.3) is 16.2 Å². The zero-order valence-corrected chi connectivity index (χ0v) is 14.5. The first-order valence-electron chi connectivity index (χ1n) is 7.18. The number of hydrogen-bond donors (Lipinski definition) is 0. The van der Waals surface area contributed by atoms with Gasteiger partial charge in [0.05, 0.1) is 11.9 Å². The molecule has 0 aliphatic carbocycles. The van der Waals surface area contributed by atoms with Crippen molar-refractivity contribution in [3.63, 3.8) is 0 Å². The lowest BCUT2D eigenvalue weighted by Crippen LogP contribution is -2.36. The molecule has 4 rings (SSSR count). The van der Waals surface area contributed by atoms with E-state index in [0.29, 0.717) is 5.25 Å². The summed E-state index contributed by atoms with van der Waals surface area (Å²) in [7, 11) is 0. The van der Waals surface area contributed by atoms with Gasteiger partial charge >= 0.3 is 0 Å². The molecule has 0 radical (unpaired) electrons. The van der Waals surface area contributed by atoms with Gasteiger partial charge < -0.3 is 4.90 Å². The molecule has 114 valence electrons. The lowest BCUT2D eigenvalue weighted by Gasteiger charge is -2.29. The van der Waals surface area contributed by atoms with Crippen LogP contribution in [-0.4, -0.2) is 38.7 Å². The van der Waals surface area contributed by atoms with Gasteiger partial charge in [0.2, 0.25) is 10.1 Å². The largest absolute Gasteiger partial charge is 0.345 e. The van der Waals surface area contributed by atoms with Crippen LogP contribution in [0.5, 0.6) is 0 Å². The van der Waals surface area contributed by atoms with Gasteiger partial charge in [-0.1, -0.05) is 42.0 Å². The van der Waals surface area contributed by atoms with Crippen LogP contribution >= 0.6 is 34.7 Å². The summed E-state index contributed by atoms with van der Waals surface area (Å²) in [6, 6.07) is 7.74. The van der Waals surface area contributed by atoms with Crippen molar-refractivity contribution in [3.05, 3.63) is 35.5 Å². The number of halogens is 1. The van der Waals surface area contributed by atoms with E-state index in [1.54, 1.807) is 11.3 Å². The zero-order chi connectivity index (χ0) is 15.1. The smallest absolute Gasteiger partial charge is 0.214 e. The van der Waals surface area contributed by atoms with E-state index in [1.165, 1.54) is 5.75 Å². The summed E-state index contributed by atoms with van der Waals surface area (Å²) in [5.41, 5.74) is 2.00. The van der Waals surface area contributed by atoms with Crippen LogP contribution in [-0.2, 0) is 0 Å². The van der Waals surface area contributed by atoms with Gasteiger partial charge in [-0.05, 0) is 12.1 Å². The summed E-state index contributed by atoms with van der Waals surface area (Å²) in [6.45, 7) is 4.40. The van der Waals surface area contributed by atoms with Crippen molar-refractivity contribution in [3.8, 4) is 11.3 Å². The Morgan fingerprint density at radius 1 is 1.27 bits per heavy atom. The molecule has 1 fully saturated rings. The van der Waals surface area contributed by atoms with E-state index in [1.807, 2.05) is 46.7 Å². The van der Waals surface area contributed by atoms with Crippen molar-refractivity contribution in [2.75, 3.05) is 23.7 Å². The Balaban J connectivity index is 1.63. The molecule has 0 amide bonds. The fourth-order valence-corrected chi connectivity index (χ4v) is 4.63. The van der Waals surface area contributed by atoms with Gasteiger partial charge in [0.15, 0.2) is 0 Å². The quantitative estimate of drug-likeness (QED) is 0.698. The van der Waals surface area contributed by atoms with Crippen LogP contribution in [0.1, 0.15) is 6.92 Å². The summed E-state index contributed by atoms with van der Waals surface area (Å²) in [5, 5.41) is 7.16. The van der Waals surface area contributed by atoms with Crippen LogP contribution in [0.2, 0.25) is 5.02 Å². The molecule has 1 atom stereocenters. The predicted octanol–water partition coefficient (Wildman–Crippen LogP) is 4.05. The molecule has 1 aromatic carbocycles. The molecule has 0 bridgehead atoms. The van der Waals surface area contributed by atoms with E-state index >= 15 is 0 Å². The van der Waals surface area contributed by atoms with E-state index in [9.17, 15) is 0 Å². The maximum Gasteiger partial charge on any atom is 0.214 e. The minimum absolute atomic E-state index is 0.662. The lowest BCUT2D eigenvalue weighted by molar-refractivity contribution is 0.766. The molecule has 7 heteroatoms. The highest BCUT2D eigenvalue weighted by Gasteiger charge is 2.21. The highest BCUT2D eigenvalue weighted by atomic mass is 35.5. The highest BCUT2D eigenvalue weighted by Crippen LogP contribution is 2.30. The van der Waals surface area contributed by atoms with Gasteiger partial charge in [-0.25, -0.2) is 9.50 Å². The van der Waals surface area contributed by atoms with Crippen molar-refractivity contribution >= 4 is 44.8 Å². The van der Waals surface area contributed by atoms with Crippen LogP contribution in [0.15, 0.2) is 30.5 Å². The third kappa shape index (κ3) is 2.71. The first-order chi connectivity index (χ1) is 10.7. The second kappa shape index (κ2) is 5.76. The standard InChI is InChI=1S/C15H15ClN4S2/c1-10-8-19(6-7-21-10)15-18-20-9-13(17-14(20)22-15)11-2-4-12(16)5-3-11/h2-5,9-10H,6-8H2,1H3. The molecule has 1 saturated heterocycles. The third-order valence-electron chi connectivity index (χ3n) is 3.68. The number of imidazole rings is 1. The third-order valence-corrected chi connectivity index (χ3v) is 6.06. The predicted molar refractivity (Wildman–Crippen MR) is 95.4 cm³/mol. The van der Waals surface area contributed by atoms with Crippen LogP contribution in [0.4, 0.5) is 5.13 Å². The summed E-state index contributed by atoms with van der Waals surface area (Å²) in [4.78, 5) is 7.99. The van der Waals surface area contributed by atoms with E-state index in [0.717, 1.165) is 39.5 Å². The fourth-order valence-electron chi connectivity index (χ4n) is 2.57. The van der Waals surface area contributed by atoms with Gasteiger partial charge in [0.25, 0.3) is 0 Å². The number of aromatic nitrogens is 3. The Morgan fingerprint density at radius 3 is 2.82 bits per heavy atom. The molecule has 22 heavy (non-hydrogen) atoms. The molecule has 3 heterocycles. The maximum atomic E-state index is 5.93. The molecule has 1 unspecified atom stereocenters. The normalized spacial score (nSPS) is 19.0. The Morgan fingerprint density at radius 2 is 2.09 bits per heavy atom. The SMILES string of the molecule is CC1CN(c2nn3cc(-c4ccc(Cl)cc4)nc3s2)CCS1. The molecule has 1 aliphatic rings. The molecule has 3 aromatic rings. The van der Waals surface area contributed by atoms with E-state index in [2.05, 4.69) is 11.8 Å². The summed E-state index contributed by atoms with van der Waals surface area (Å²) in [6.07, 6.45) is 1.99. The summed E-state index contributed by atoms with van der Waals surface area (Å²) in [5.74, 6) is 1.17. The van der Waals surface area contributed by atoms with Crippen molar-refractivity contribution < 1.29 is 0 Å². The minimum atomic E-state index is 0.662. The van der Waals surface area contributed by atoms with Gasteiger partial charge in [-0.2, -0.15) is 11.8 Å². The number of rotatable bonds is 2. The van der Waals surface area contributed by atoms with Crippen molar-refractivity contribution in [2.24, 2.45) is 0 Å². The second-order valence-electron chi connectivity index (χ2n) is 5.37. The molecule has 0 N–H and O–H groups in total. The Labute approximate surface area is 142 Å². The van der Waals surface area contributed by atoms with Crippen LogP contribution < -0.4 is 4.90 Å². The fraction of sp³-hybridized carbons (Fsp3) is 0.333. The zero-order valence-electron chi connectivity index (χ0n) is 12.1. The number of nitrogens with zero attached hydrogens (tertiary/aromatic N) is 4. The number of benzene rings is 1. The van der Waals surface area contributed by atoms with Crippen LogP contribution in [0, 0.1) is 0 Å². The Hall–Kier alpha value is -1.24. The minimum Gasteiger partial charge on any atom is -0.345 e. The van der Waals surface area contributed by atoms with Crippen molar-refractivity contribution in [1.29, 1.82) is 0 Å². The van der Waals surface area contributed by atoms with Crippen LogP contribution in [0.3, 0.4) is 0 Å². The monoisotopic (exact) mass is 350 g/mol. The molecule has 2 aromatic heterocycles. The van der Waals surface area contributed by atoms with E-state index < -0.39 is 0 Å². The average molecular weight is 351 g/mol. The van der Waals surface area contributed by atoms with Gasteiger partial charge in [-0.15, -0.1) is 5.10 Å². The summed E-state index contributed by atoms with van der Waals surface area (Å²) >= 11 is 9.62. The highest BCUT2D eigenvalue weighted by molar-refractivity contribution is 8.00. The number of hydrogen-bond acceptors (Lipinski definition) is 5. The number of thioether (sulfide) groups is 1. The molecule has 0 saturated carbocycles. The molecular weight excluding hydrogens is 336 g/mol. The molecule has 1 aliphatic heterocycles. The summed E-state index contributed by atoms with van der Waals surface area (Å²) < 4.78 is 1.89.